The van der Waals surface area contributed by atoms with Crippen LogP contribution in [-0.4, -0.2) is 30.6 Å². The van der Waals surface area contributed by atoms with Gasteiger partial charge >= 0.3 is 0 Å². The quantitative estimate of drug-likeness (QED) is 0.808. The van der Waals surface area contributed by atoms with Crippen molar-refractivity contribution in [3.8, 4) is 5.75 Å². The molecule has 1 aromatic carbocycles. The van der Waals surface area contributed by atoms with Gasteiger partial charge in [0.2, 0.25) is 0 Å². The molecule has 1 atom stereocenters. The third kappa shape index (κ3) is 5.07. The van der Waals surface area contributed by atoms with Crippen LogP contribution in [0.2, 0.25) is 0 Å². The van der Waals surface area contributed by atoms with Crippen molar-refractivity contribution in [2.45, 2.75) is 45.9 Å². The number of ether oxygens (including phenoxy) is 1. The lowest BCUT2D eigenvalue weighted by Crippen LogP contribution is -2.30. The van der Waals surface area contributed by atoms with Crippen molar-refractivity contribution in [1.82, 2.24) is 4.90 Å². The highest BCUT2D eigenvalue weighted by atomic mass is 16.5. The molecular weight excluding hydrogens is 224 g/mol. The van der Waals surface area contributed by atoms with E-state index in [1.165, 1.54) is 5.56 Å². The van der Waals surface area contributed by atoms with Gasteiger partial charge in [0.15, 0.2) is 0 Å². The van der Waals surface area contributed by atoms with Gasteiger partial charge in [-0.3, -0.25) is 4.90 Å². The van der Waals surface area contributed by atoms with Crippen molar-refractivity contribution < 1.29 is 4.74 Å². The Morgan fingerprint density at radius 3 is 2.28 bits per heavy atom. The summed E-state index contributed by atoms with van der Waals surface area (Å²) in [4.78, 5) is 2.32. The van der Waals surface area contributed by atoms with Crippen LogP contribution in [0.25, 0.3) is 0 Å². The lowest BCUT2D eigenvalue weighted by Gasteiger charge is -2.24. The van der Waals surface area contributed by atoms with Crippen LogP contribution in [0.4, 0.5) is 0 Å². The second-order valence-corrected chi connectivity index (χ2v) is 5.15. The van der Waals surface area contributed by atoms with E-state index in [-0.39, 0.29) is 6.10 Å². The molecule has 0 bridgehead atoms. The Morgan fingerprint density at radius 1 is 1.17 bits per heavy atom. The van der Waals surface area contributed by atoms with Gasteiger partial charge in [-0.15, -0.1) is 0 Å². The van der Waals surface area contributed by atoms with Gasteiger partial charge in [0.25, 0.3) is 0 Å². The summed E-state index contributed by atoms with van der Waals surface area (Å²) in [6, 6.07) is 8.85. The van der Waals surface area contributed by atoms with E-state index in [1.807, 2.05) is 26.0 Å². The maximum atomic E-state index is 5.63. The minimum Gasteiger partial charge on any atom is -0.491 e. The van der Waals surface area contributed by atoms with E-state index in [9.17, 15) is 0 Å². The van der Waals surface area contributed by atoms with Crippen LogP contribution in [0.15, 0.2) is 24.3 Å². The molecule has 0 aliphatic rings. The molecule has 0 fully saturated rings. The fraction of sp³-hybridized carbons (Fsp3) is 0.600. The molecule has 0 saturated carbocycles. The molecule has 0 aromatic heterocycles. The third-order valence-corrected chi connectivity index (χ3v) is 3.06. The molecule has 0 heterocycles. The van der Waals surface area contributed by atoms with E-state index in [4.69, 9.17) is 10.5 Å². The summed E-state index contributed by atoms with van der Waals surface area (Å²) in [6.07, 6.45) is 1.26. The fourth-order valence-electron chi connectivity index (χ4n) is 1.85. The SMILES string of the molecule is CC(C)Oc1ccc(CN(C)C(C)CCN)cc1. The van der Waals surface area contributed by atoms with Gasteiger partial charge in [-0.05, 0) is 58.5 Å². The Hall–Kier alpha value is -1.06. The topological polar surface area (TPSA) is 38.5 Å². The Balaban J connectivity index is 2.52. The number of hydrogen-bond acceptors (Lipinski definition) is 3. The van der Waals surface area contributed by atoms with E-state index in [0.717, 1.165) is 25.3 Å². The van der Waals surface area contributed by atoms with Crippen molar-refractivity contribution >= 4 is 0 Å². The molecule has 18 heavy (non-hydrogen) atoms. The first-order valence-electron chi connectivity index (χ1n) is 6.68. The summed E-state index contributed by atoms with van der Waals surface area (Å²) >= 11 is 0. The zero-order chi connectivity index (χ0) is 13.5. The largest absolute Gasteiger partial charge is 0.491 e. The van der Waals surface area contributed by atoms with E-state index in [2.05, 4.69) is 31.0 Å². The van der Waals surface area contributed by atoms with Gasteiger partial charge in [-0.1, -0.05) is 12.1 Å². The summed E-state index contributed by atoms with van der Waals surface area (Å²) in [7, 11) is 2.14. The highest BCUT2D eigenvalue weighted by Gasteiger charge is 2.08. The summed E-state index contributed by atoms with van der Waals surface area (Å²) in [5.74, 6) is 0.936. The molecule has 0 aliphatic carbocycles. The molecule has 3 heteroatoms. The molecule has 0 radical (unpaired) electrons. The highest BCUT2D eigenvalue weighted by Crippen LogP contribution is 2.15. The van der Waals surface area contributed by atoms with Crippen LogP contribution in [0, 0.1) is 0 Å². The standard InChI is InChI=1S/C15H26N2O/c1-12(2)18-15-7-5-14(6-8-15)11-17(4)13(3)9-10-16/h5-8,12-13H,9-11,16H2,1-4H3. The Kier molecular flexibility index (Phi) is 6.16. The zero-order valence-electron chi connectivity index (χ0n) is 12.0. The van der Waals surface area contributed by atoms with Crippen molar-refractivity contribution in [1.29, 1.82) is 0 Å². The molecular formula is C15H26N2O. The lowest BCUT2D eigenvalue weighted by atomic mass is 10.1. The number of hydrogen-bond donors (Lipinski definition) is 1. The molecule has 1 rings (SSSR count). The maximum absolute atomic E-state index is 5.63. The van der Waals surface area contributed by atoms with E-state index < -0.39 is 0 Å². The van der Waals surface area contributed by atoms with Gasteiger partial charge in [0, 0.05) is 12.6 Å². The Morgan fingerprint density at radius 2 is 1.78 bits per heavy atom. The smallest absolute Gasteiger partial charge is 0.119 e. The third-order valence-electron chi connectivity index (χ3n) is 3.06. The molecule has 102 valence electrons. The maximum Gasteiger partial charge on any atom is 0.119 e. The van der Waals surface area contributed by atoms with Crippen LogP contribution in [0.1, 0.15) is 32.8 Å². The molecule has 3 nitrogen and oxygen atoms in total. The average molecular weight is 250 g/mol. The molecule has 0 aliphatic heterocycles. The van der Waals surface area contributed by atoms with Gasteiger partial charge in [0.05, 0.1) is 6.10 Å². The van der Waals surface area contributed by atoms with Gasteiger partial charge in [-0.25, -0.2) is 0 Å². The van der Waals surface area contributed by atoms with Gasteiger partial charge in [-0.2, -0.15) is 0 Å². The number of nitrogens with two attached hydrogens (primary N) is 1. The molecule has 2 N–H and O–H groups in total. The number of nitrogens with zero attached hydrogens (tertiary/aromatic N) is 1. The van der Waals surface area contributed by atoms with Crippen molar-refractivity contribution in [3.05, 3.63) is 29.8 Å². The van der Waals surface area contributed by atoms with Crippen LogP contribution < -0.4 is 10.5 Å². The second kappa shape index (κ2) is 7.39. The first kappa shape index (κ1) is 15.0. The number of benzene rings is 1. The minimum atomic E-state index is 0.225. The zero-order valence-corrected chi connectivity index (χ0v) is 12.0. The summed E-state index contributed by atoms with van der Waals surface area (Å²) < 4.78 is 5.63. The minimum absolute atomic E-state index is 0.225. The molecule has 0 amide bonds. The summed E-state index contributed by atoms with van der Waals surface area (Å²) in [6.45, 7) is 7.98. The number of rotatable bonds is 7. The predicted octanol–water partition coefficient (Wildman–Crippen LogP) is 2.64. The van der Waals surface area contributed by atoms with Crippen LogP contribution in [0.3, 0.4) is 0 Å². The summed E-state index contributed by atoms with van der Waals surface area (Å²) in [5.41, 5.74) is 6.89. The van der Waals surface area contributed by atoms with Crippen LogP contribution >= 0.6 is 0 Å². The monoisotopic (exact) mass is 250 g/mol. The van der Waals surface area contributed by atoms with Gasteiger partial charge < -0.3 is 10.5 Å². The van der Waals surface area contributed by atoms with Crippen molar-refractivity contribution in [3.63, 3.8) is 0 Å². The first-order chi connectivity index (χ1) is 8.52. The molecule has 1 aromatic rings. The fourth-order valence-corrected chi connectivity index (χ4v) is 1.85. The van der Waals surface area contributed by atoms with Gasteiger partial charge in [0.1, 0.15) is 5.75 Å². The first-order valence-corrected chi connectivity index (χ1v) is 6.68. The molecule has 0 spiro atoms. The molecule has 0 saturated heterocycles. The van der Waals surface area contributed by atoms with Crippen LogP contribution in [0.5, 0.6) is 5.75 Å². The second-order valence-electron chi connectivity index (χ2n) is 5.15. The lowest BCUT2D eigenvalue weighted by molar-refractivity contribution is 0.237. The normalized spacial score (nSPS) is 13.1. The van der Waals surface area contributed by atoms with Crippen molar-refractivity contribution in [2.24, 2.45) is 5.73 Å². The summed E-state index contributed by atoms with van der Waals surface area (Å²) in [5, 5.41) is 0. The Bertz CT molecular complexity index is 335. The van der Waals surface area contributed by atoms with E-state index in [0.29, 0.717) is 6.04 Å². The highest BCUT2D eigenvalue weighted by molar-refractivity contribution is 5.27. The van der Waals surface area contributed by atoms with E-state index in [1.54, 1.807) is 0 Å². The predicted molar refractivity (Wildman–Crippen MR) is 76.8 cm³/mol. The van der Waals surface area contributed by atoms with Crippen LogP contribution in [-0.2, 0) is 6.54 Å². The molecule has 1 unspecified atom stereocenters. The van der Waals surface area contributed by atoms with Crippen molar-refractivity contribution in [2.75, 3.05) is 13.6 Å². The average Bonchev–Trinajstić information content (AvgIpc) is 2.31. The van der Waals surface area contributed by atoms with E-state index >= 15 is 0 Å². The Labute approximate surface area is 111 Å².